The fourth-order valence-corrected chi connectivity index (χ4v) is 2.39. The predicted molar refractivity (Wildman–Crippen MR) is 73.4 cm³/mol. The number of benzene rings is 1. The normalized spacial score (nSPS) is 22.4. The SMILES string of the molecule is CC(NC(=O)C1CCNC1)C(C)c1ccccc1. The molecule has 98 valence electrons. The molecule has 1 aliphatic rings. The average Bonchev–Trinajstić information content (AvgIpc) is 2.92. The van der Waals surface area contributed by atoms with Gasteiger partial charge >= 0.3 is 0 Å². The highest BCUT2D eigenvalue weighted by atomic mass is 16.2. The molecule has 1 aromatic rings. The van der Waals surface area contributed by atoms with Crippen LogP contribution in [0.1, 0.15) is 31.7 Å². The van der Waals surface area contributed by atoms with Crippen LogP contribution in [-0.2, 0) is 4.79 Å². The Bertz CT molecular complexity index is 385. The lowest BCUT2D eigenvalue weighted by atomic mass is 9.94. The molecular formula is C15H22N2O. The number of amides is 1. The monoisotopic (exact) mass is 246 g/mol. The largest absolute Gasteiger partial charge is 0.353 e. The highest BCUT2D eigenvalue weighted by Gasteiger charge is 2.25. The Labute approximate surface area is 109 Å². The summed E-state index contributed by atoms with van der Waals surface area (Å²) in [5.41, 5.74) is 1.27. The van der Waals surface area contributed by atoms with Crippen molar-refractivity contribution in [2.45, 2.75) is 32.2 Å². The summed E-state index contributed by atoms with van der Waals surface area (Å²) < 4.78 is 0. The molecule has 0 bridgehead atoms. The summed E-state index contributed by atoms with van der Waals surface area (Å²) in [6.45, 7) is 6.02. The van der Waals surface area contributed by atoms with Crippen molar-refractivity contribution in [2.24, 2.45) is 5.92 Å². The van der Waals surface area contributed by atoms with Gasteiger partial charge in [-0.05, 0) is 25.5 Å². The molecule has 1 aromatic carbocycles. The molecule has 0 aromatic heterocycles. The van der Waals surface area contributed by atoms with Crippen LogP contribution in [0.3, 0.4) is 0 Å². The van der Waals surface area contributed by atoms with E-state index >= 15 is 0 Å². The summed E-state index contributed by atoms with van der Waals surface area (Å²) in [5, 5.41) is 6.37. The van der Waals surface area contributed by atoms with Crippen LogP contribution >= 0.6 is 0 Å². The van der Waals surface area contributed by atoms with Crippen LogP contribution in [-0.4, -0.2) is 25.0 Å². The van der Waals surface area contributed by atoms with Crippen molar-refractivity contribution in [2.75, 3.05) is 13.1 Å². The van der Waals surface area contributed by atoms with E-state index in [2.05, 4.69) is 36.6 Å². The van der Waals surface area contributed by atoms with Crippen LogP contribution in [0.4, 0.5) is 0 Å². The van der Waals surface area contributed by atoms with E-state index in [1.165, 1.54) is 5.56 Å². The van der Waals surface area contributed by atoms with Gasteiger partial charge in [-0.15, -0.1) is 0 Å². The lowest BCUT2D eigenvalue weighted by Gasteiger charge is -2.23. The summed E-state index contributed by atoms with van der Waals surface area (Å²) in [5.74, 6) is 0.676. The minimum Gasteiger partial charge on any atom is -0.353 e. The maximum Gasteiger partial charge on any atom is 0.224 e. The zero-order valence-corrected chi connectivity index (χ0v) is 11.1. The molecule has 3 atom stereocenters. The summed E-state index contributed by atoms with van der Waals surface area (Å²) >= 11 is 0. The molecule has 0 radical (unpaired) electrons. The summed E-state index contributed by atoms with van der Waals surface area (Å²) in [6, 6.07) is 10.5. The van der Waals surface area contributed by atoms with Gasteiger partial charge in [-0.25, -0.2) is 0 Å². The van der Waals surface area contributed by atoms with E-state index in [0.29, 0.717) is 5.92 Å². The highest BCUT2D eigenvalue weighted by molar-refractivity contribution is 5.79. The van der Waals surface area contributed by atoms with E-state index in [4.69, 9.17) is 0 Å². The number of hydrogen-bond acceptors (Lipinski definition) is 2. The summed E-state index contributed by atoms with van der Waals surface area (Å²) in [7, 11) is 0. The molecule has 2 N–H and O–H groups in total. The summed E-state index contributed by atoms with van der Waals surface area (Å²) in [4.78, 5) is 12.0. The fraction of sp³-hybridized carbons (Fsp3) is 0.533. The molecule has 0 saturated carbocycles. The van der Waals surface area contributed by atoms with E-state index in [1.54, 1.807) is 0 Å². The third-order valence-electron chi connectivity index (χ3n) is 3.88. The minimum absolute atomic E-state index is 0.149. The van der Waals surface area contributed by atoms with Crippen molar-refractivity contribution in [3.63, 3.8) is 0 Å². The molecule has 1 amide bonds. The molecule has 1 heterocycles. The second kappa shape index (κ2) is 6.01. The third-order valence-corrected chi connectivity index (χ3v) is 3.88. The first-order chi connectivity index (χ1) is 8.68. The van der Waals surface area contributed by atoms with Crippen LogP contribution in [0.15, 0.2) is 30.3 Å². The molecule has 2 rings (SSSR count). The Kier molecular flexibility index (Phi) is 4.37. The van der Waals surface area contributed by atoms with Crippen molar-refractivity contribution in [1.29, 1.82) is 0 Å². The number of carbonyl (C=O) groups is 1. The fourth-order valence-electron chi connectivity index (χ4n) is 2.39. The molecule has 3 unspecified atom stereocenters. The van der Waals surface area contributed by atoms with Crippen molar-refractivity contribution in [1.82, 2.24) is 10.6 Å². The lowest BCUT2D eigenvalue weighted by molar-refractivity contribution is -0.125. The van der Waals surface area contributed by atoms with Gasteiger partial charge in [0.1, 0.15) is 0 Å². The number of hydrogen-bond donors (Lipinski definition) is 2. The molecular weight excluding hydrogens is 224 g/mol. The van der Waals surface area contributed by atoms with Gasteiger partial charge in [0.05, 0.1) is 5.92 Å². The van der Waals surface area contributed by atoms with Crippen molar-refractivity contribution in [3.05, 3.63) is 35.9 Å². The molecule has 3 heteroatoms. The summed E-state index contributed by atoms with van der Waals surface area (Å²) in [6.07, 6.45) is 0.957. The van der Waals surface area contributed by atoms with Gasteiger partial charge in [-0.1, -0.05) is 37.3 Å². The first-order valence-corrected chi connectivity index (χ1v) is 6.74. The van der Waals surface area contributed by atoms with Gasteiger partial charge in [0.25, 0.3) is 0 Å². The average molecular weight is 246 g/mol. The molecule has 1 fully saturated rings. The number of nitrogens with one attached hydrogen (secondary N) is 2. The van der Waals surface area contributed by atoms with Gasteiger partial charge in [0, 0.05) is 18.5 Å². The van der Waals surface area contributed by atoms with Gasteiger partial charge in [-0.3, -0.25) is 4.79 Å². The quantitative estimate of drug-likeness (QED) is 0.852. The Morgan fingerprint density at radius 3 is 2.67 bits per heavy atom. The van der Waals surface area contributed by atoms with Crippen molar-refractivity contribution < 1.29 is 4.79 Å². The molecule has 18 heavy (non-hydrogen) atoms. The van der Waals surface area contributed by atoms with E-state index in [-0.39, 0.29) is 17.9 Å². The standard InChI is InChI=1S/C15H22N2O/c1-11(13-6-4-3-5-7-13)12(2)17-15(18)14-8-9-16-10-14/h3-7,11-12,14,16H,8-10H2,1-2H3,(H,17,18). The number of carbonyl (C=O) groups excluding carboxylic acids is 1. The Morgan fingerprint density at radius 2 is 2.06 bits per heavy atom. The van der Waals surface area contributed by atoms with E-state index < -0.39 is 0 Å². The predicted octanol–water partition coefficient (Wildman–Crippen LogP) is 1.90. The highest BCUT2D eigenvalue weighted by Crippen LogP contribution is 2.19. The lowest BCUT2D eigenvalue weighted by Crippen LogP contribution is -2.40. The van der Waals surface area contributed by atoms with Gasteiger partial charge < -0.3 is 10.6 Å². The first-order valence-electron chi connectivity index (χ1n) is 6.74. The maximum atomic E-state index is 12.0. The first kappa shape index (κ1) is 13.1. The van der Waals surface area contributed by atoms with Crippen LogP contribution < -0.4 is 10.6 Å². The molecule has 0 spiro atoms. The molecule has 1 aliphatic heterocycles. The topological polar surface area (TPSA) is 41.1 Å². The van der Waals surface area contributed by atoms with E-state index in [9.17, 15) is 4.79 Å². The third kappa shape index (κ3) is 3.10. The van der Waals surface area contributed by atoms with Crippen molar-refractivity contribution >= 4 is 5.91 Å². The van der Waals surface area contributed by atoms with Crippen LogP contribution in [0, 0.1) is 5.92 Å². The van der Waals surface area contributed by atoms with Crippen LogP contribution in [0.5, 0.6) is 0 Å². The van der Waals surface area contributed by atoms with Crippen LogP contribution in [0.2, 0.25) is 0 Å². The zero-order chi connectivity index (χ0) is 13.0. The maximum absolute atomic E-state index is 12.0. The second-order valence-electron chi connectivity index (χ2n) is 5.19. The molecule has 3 nitrogen and oxygen atoms in total. The minimum atomic E-state index is 0.149. The van der Waals surface area contributed by atoms with Gasteiger partial charge in [0.15, 0.2) is 0 Å². The van der Waals surface area contributed by atoms with E-state index in [1.807, 2.05) is 18.2 Å². The molecule has 1 saturated heterocycles. The zero-order valence-electron chi connectivity index (χ0n) is 11.1. The Hall–Kier alpha value is -1.35. The number of rotatable bonds is 4. The second-order valence-corrected chi connectivity index (χ2v) is 5.19. The molecule has 0 aliphatic carbocycles. The smallest absolute Gasteiger partial charge is 0.224 e. The Morgan fingerprint density at radius 1 is 1.33 bits per heavy atom. The van der Waals surface area contributed by atoms with E-state index in [0.717, 1.165) is 19.5 Å². The van der Waals surface area contributed by atoms with Gasteiger partial charge in [-0.2, -0.15) is 0 Å². The van der Waals surface area contributed by atoms with Crippen LogP contribution in [0.25, 0.3) is 0 Å². The van der Waals surface area contributed by atoms with Crippen molar-refractivity contribution in [3.8, 4) is 0 Å². The Balaban J connectivity index is 1.91. The van der Waals surface area contributed by atoms with Gasteiger partial charge in [0.2, 0.25) is 5.91 Å².